The van der Waals surface area contributed by atoms with Crippen molar-refractivity contribution in [1.29, 1.82) is 0 Å². The van der Waals surface area contributed by atoms with Gasteiger partial charge in [0.1, 0.15) is 24.4 Å². The van der Waals surface area contributed by atoms with Crippen LogP contribution in [0.15, 0.2) is 36.7 Å². The number of hydrogen-bond acceptors (Lipinski definition) is 14. The number of carbonyl (C=O) groups is 6. The van der Waals surface area contributed by atoms with Crippen LogP contribution in [0.4, 0.5) is 0 Å². The minimum Gasteiger partial charge on any atom is -0.462 e. The van der Waals surface area contributed by atoms with Crippen LogP contribution in [0.25, 0.3) is 0 Å². The fraction of sp³-hybridized carbons (Fsp3) is 0.618. The normalized spacial score (nSPS) is 35.8. The lowest BCUT2D eigenvalue weighted by Crippen LogP contribution is -2.60. The standard InChI is InChI=1S/C34H43NO13/c1-15-13-34(48-21(7)39)23(25(15)43-18(4)36)26(44-19(5)37)16(2)27(45-20(6)38)24(40)30(47-32(42)22-11-10-12-35-14-22)33(8,9)31-28(46-31)17(3)29(34)41/h10-12,14-15,17,23-28,30-31,40H,2,13H2,1,3-9H3/t15-,17+,23+,24+,25-,26-,27-,28+,30+,31-,34+/m0/s1. The fourth-order valence-electron chi connectivity index (χ4n) is 7.38. The van der Waals surface area contributed by atoms with Gasteiger partial charge in [0.2, 0.25) is 0 Å². The molecule has 0 spiro atoms. The number of carbonyl (C=O) groups excluding carboxylic acids is 6. The van der Waals surface area contributed by atoms with E-state index >= 15 is 0 Å². The molecule has 0 unspecified atom stereocenters. The maximum atomic E-state index is 14.7. The van der Waals surface area contributed by atoms with Crippen LogP contribution in [0, 0.1) is 23.2 Å². The Morgan fingerprint density at radius 1 is 0.938 bits per heavy atom. The lowest BCUT2D eigenvalue weighted by atomic mass is 9.70. The highest BCUT2D eigenvalue weighted by atomic mass is 16.6. The first kappa shape index (κ1) is 36.7. The topological polar surface area (TPSA) is 194 Å². The van der Waals surface area contributed by atoms with Gasteiger partial charge in [-0.15, -0.1) is 0 Å². The lowest BCUT2D eigenvalue weighted by Gasteiger charge is -2.44. The molecule has 0 radical (unpaired) electrons. The molecule has 14 nitrogen and oxygen atoms in total. The Morgan fingerprint density at radius 3 is 2.08 bits per heavy atom. The molecule has 262 valence electrons. The predicted molar refractivity (Wildman–Crippen MR) is 164 cm³/mol. The van der Waals surface area contributed by atoms with Gasteiger partial charge < -0.3 is 33.5 Å². The Balaban J connectivity index is 1.98. The Morgan fingerprint density at radius 2 is 1.54 bits per heavy atom. The summed E-state index contributed by atoms with van der Waals surface area (Å²) >= 11 is 0. The lowest BCUT2D eigenvalue weighted by molar-refractivity contribution is -0.188. The zero-order valence-electron chi connectivity index (χ0n) is 28.3. The van der Waals surface area contributed by atoms with Crippen molar-refractivity contribution in [3.63, 3.8) is 0 Å². The van der Waals surface area contributed by atoms with Crippen LogP contribution >= 0.6 is 0 Å². The van der Waals surface area contributed by atoms with Gasteiger partial charge in [0, 0.05) is 63.4 Å². The van der Waals surface area contributed by atoms with Gasteiger partial charge in [-0.3, -0.25) is 29.0 Å². The summed E-state index contributed by atoms with van der Waals surface area (Å²) in [5, 5.41) is 12.1. The molecule has 11 atom stereocenters. The number of epoxide rings is 1. The molecule has 2 heterocycles. The first-order valence-electron chi connectivity index (χ1n) is 15.7. The summed E-state index contributed by atoms with van der Waals surface area (Å²) in [6.45, 7) is 15.1. The number of rotatable bonds is 6. The fourth-order valence-corrected chi connectivity index (χ4v) is 7.38. The molecule has 0 aromatic carbocycles. The van der Waals surface area contributed by atoms with Crippen molar-refractivity contribution in [1.82, 2.24) is 4.98 Å². The van der Waals surface area contributed by atoms with E-state index in [2.05, 4.69) is 11.6 Å². The Labute approximate surface area is 278 Å². The van der Waals surface area contributed by atoms with Crippen molar-refractivity contribution in [3.8, 4) is 0 Å². The molecule has 1 N–H and O–H groups in total. The number of pyridine rings is 1. The van der Waals surface area contributed by atoms with E-state index in [0.717, 1.165) is 27.7 Å². The molecular formula is C34H43NO13. The van der Waals surface area contributed by atoms with E-state index in [-0.39, 0.29) is 17.6 Å². The number of aliphatic hydroxyl groups is 1. The summed E-state index contributed by atoms with van der Waals surface area (Å²) < 4.78 is 35.0. The average molecular weight is 674 g/mol. The average Bonchev–Trinajstić information content (AvgIpc) is 3.76. The number of hydrogen-bond donors (Lipinski definition) is 1. The van der Waals surface area contributed by atoms with Gasteiger partial charge in [0.05, 0.1) is 23.7 Å². The molecule has 0 amide bonds. The zero-order chi connectivity index (χ0) is 35.9. The smallest absolute Gasteiger partial charge is 0.340 e. The van der Waals surface area contributed by atoms with Crippen LogP contribution in [0.1, 0.15) is 72.2 Å². The van der Waals surface area contributed by atoms with Crippen LogP contribution in [0.2, 0.25) is 0 Å². The third-order valence-corrected chi connectivity index (χ3v) is 9.42. The Kier molecular flexibility index (Phi) is 10.5. The quantitative estimate of drug-likeness (QED) is 0.200. The molecule has 3 aliphatic rings. The van der Waals surface area contributed by atoms with Gasteiger partial charge in [-0.1, -0.05) is 34.3 Å². The van der Waals surface area contributed by atoms with Crippen molar-refractivity contribution < 1.29 is 62.3 Å². The van der Waals surface area contributed by atoms with Gasteiger partial charge in [0.15, 0.2) is 17.5 Å². The van der Waals surface area contributed by atoms with Crippen molar-refractivity contribution in [3.05, 3.63) is 42.2 Å². The van der Waals surface area contributed by atoms with Crippen LogP contribution in [-0.4, -0.2) is 94.0 Å². The number of aromatic nitrogens is 1. The monoisotopic (exact) mass is 673 g/mol. The highest BCUT2D eigenvalue weighted by Gasteiger charge is 2.69. The molecular weight excluding hydrogens is 630 g/mol. The van der Waals surface area contributed by atoms with E-state index in [0.29, 0.717) is 0 Å². The molecule has 2 saturated carbocycles. The molecule has 4 rings (SSSR count). The highest BCUT2D eigenvalue weighted by Crippen LogP contribution is 2.54. The molecule has 0 bridgehead atoms. The summed E-state index contributed by atoms with van der Waals surface area (Å²) in [6, 6.07) is 2.99. The number of fused-ring (bicyclic) bond motifs is 2. The maximum absolute atomic E-state index is 14.7. The Bertz CT molecular complexity index is 1470. The summed E-state index contributed by atoms with van der Waals surface area (Å²) in [5.74, 6) is -7.73. The van der Waals surface area contributed by atoms with Crippen molar-refractivity contribution in [2.75, 3.05) is 0 Å². The van der Waals surface area contributed by atoms with E-state index in [4.69, 9.17) is 28.4 Å². The molecule has 14 heteroatoms. The zero-order valence-corrected chi connectivity index (χ0v) is 28.3. The number of ether oxygens (including phenoxy) is 6. The summed E-state index contributed by atoms with van der Waals surface area (Å²) in [7, 11) is 0. The molecule has 1 aliphatic heterocycles. The summed E-state index contributed by atoms with van der Waals surface area (Å²) in [4.78, 5) is 82.5. The molecule has 1 saturated heterocycles. The number of aliphatic hydroxyl groups excluding tert-OH is 1. The first-order valence-corrected chi connectivity index (χ1v) is 15.7. The summed E-state index contributed by atoms with van der Waals surface area (Å²) in [6.07, 6.45) is -6.85. The predicted octanol–water partition coefficient (Wildman–Crippen LogP) is 2.29. The molecule has 2 aliphatic carbocycles. The van der Waals surface area contributed by atoms with Crippen LogP contribution in [0.5, 0.6) is 0 Å². The van der Waals surface area contributed by atoms with E-state index in [9.17, 15) is 33.9 Å². The third kappa shape index (κ3) is 7.00. The SMILES string of the molecule is C=C1[C@H](OC(C)=O)[C@@H](O)[C@@H](OC(=O)c2cccnc2)C(C)(C)[C@H]2O[C@@H]2[C@@H](C)C(=O)[C@@]2(OC(C)=O)C[C@H](C)[C@H](OC(C)=O)[C@@H]2[C@H]1OC(C)=O. The van der Waals surface area contributed by atoms with Gasteiger partial charge in [0.25, 0.3) is 0 Å². The van der Waals surface area contributed by atoms with Gasteiger partial charge in [-0.2, -0.15) is 0 Å². The first-order chi connectivity index (χ1) is 22.3. The molecule has 1 aromatic heterocycles. The van der Waals surface area contributed by atoms with Gasteiger partial charge in [-0.05, 0) is 18.1 Å². The van der Waals surface area contributed by atoms with E-state index in [1.165, 1.54) is 24.5 Å². The van der Waals surface area contributed by atoms with Crippen molar-refractivity contribution >= 4 is 35.6 Å². The molecule has 1 aromatic rings. The largest absolute Gasteiger partial charge is 0.462 e. The second-order valence-corrected chi connectivity index (χ2v) is 13.5. The number of esters is 5. The van der Waals surface area contributed by atoms with E-state index < -0.39 is 107 Å². The van der Waals surface area contributed by atoms with Crippen molar-refractivity contribution in [2.45, 2.75) is 110 Å². The highest BCUT2D eigenvalue weighted by molar-refractivity contribution is 5.93. The second-order valence-electron chi connectivity index (χ2n) is 13.5. The van der Waals surface area contributed by atoms with Gasteiger partial charge >= 0.3 is 29.8 Å². The second kappa shape index (κ2) is 13.7. The minimum absolute atomic E-state index is 0.0689. The number of Topliss-reactive ketones (excluding diaryl/α,β-unsaturated/α-hetero) is 1. The third-order valence-electron chi connectivity index (χ3n) is 9.42. The van der Waals surface area contributed by atoms with E-state index in [1.54, 1.807) is 27.7 Å². The number of nitrogens with zero attached hydrogens (tertiary/aromatic N) is 1. The van der Waals surface area contributed by atoms with Gasteiger partial charge in [-0.25, -0.2) is 4.79 Å². The Hall–Kier alpha value is -4.17. The van der Waals surface area contributed by atoms with Crippen LogP contribution in [-0.2, 0) is 52.4 Å². The maximum Gasteiger partial charge on any atom is 0.340 e. The van der Waals surface area contributed by atoms with E-state index in [1.807, 2.05) is 0 Å². The molecule has 3 fully saturated rings. The van der Waals surface area contributed by atoms with Crippen LogP contribution in [0.3, 0.4) is 0 Å². The molecule has 48 heavy (non-hydrogen) atoms. The summed E-state index contributed by atoms with van der Waals surface area (Å²) in [5.41, 5.74) is -3.46. The van der Waals surface area contributed by atoms with Crippen molar-refractivity contribution in [2.24, 2.45) is 23.2 Å². The van der Waals surface area contributed by atoms with Crippen LogP contribution < -0.4 is 0 Å². The minimum atomic E-state index is -2.04. The number of ketones is 1.